The number of aromatic nitrogens is 2. The lowest BCUT2D eigenvalue weighted by Gasteiger charge is -2.13. The smallest absolute Gasteiger partial charge is 0.0944 e. The maximum Gasteiger partial charge on any atom is 0.0944 e. The molecule has 2 heterocycles. The van der Waals surface area contributed by atoms with E-state index in [0.717, 1.165) is 17.1 Å². The van der Waals surface area contributed by atoms with Crippen molar-refractivity contribution in [3.8, 4) is 0 Å². The highest BCUT2D eigenvalue weighted by Gasteiger charge is 2.12. The van der Waals surface area contributed by atoms with E-state index in [0.29, 0.717) is 5.02 Å². The number of nitrogens with one attached hydrogen (secondary N) is 1. The zero-order chi connectivity index (χ0) is 11.4. The van der Waals surface area contributed by atoms with Crippen LogP contribution in [0.4, 0.5) is 0 Å². The number of pyridine rings is 1. The number of nitrogens with zero attached hydrogens (tertiary/aromatic N) is 2. The maximum absolute atomic E-state index is 5.81. The molecule has 0 fully saturated rings. The molecule has 2 aromatic rings. The van der Waals surface area contributed by atoms with Crippen molar-refractivity contribution < 1.29 is 0 Å². The van der Waals surface area contributed by atoms with Gasteiger partial charge in [0.1, 0.15) is 0 Å². The van der Waals surface area contributed by atoms with E-state index >= 15 is 0 Å². The van der Waals surface area contributed by atoms with Gasteiger partial charge in [-0.1, -0.05) is 11.6 Å². The van der Waals surface area contributed by atoms with Crippen molar-refractivity contribution in [2.45, 2.75) is 12.5 Å². The van der Waals surface area contributed by atoms with E-state index in [1.54, 1.807) is 17.5 Å². The molecule has 1 atom stereocenters. The Bertz CT molecular complexity index is 427. The monoisotopic (exact) mass is 253 g/mol. The molecule has 1 unspecified atom stereocenters. The van der Waals surface area contributed by atoms with Crippen LogP contribution < -0.4 is 5.32 Å². The van der Waals surface area contributed by atoms with Gasteiger partial charge in [-0.3, -0.25) is 4.98 Å². The van der Waals surface area contributed by atoms with Crippen LogP contribution in [0.25, 0.3) is 0 Å². The van der Waals surface area contributed by atoms with Gasteiger partial charge in [0.2, 0.25) is 0 Å². The zero-order valence-electron chi connectivity index (χ0n) is 8.85. The second kappa shape index (κ2) is 5.39. The zero-order valence-corrected chi connectivity index (χ0v) is 10.4. The Balaban J connectivity index is 2.13. The Morgan fingerprint density at radius 2 is 2.31 bits per heavy atom. The first-order chi connectivity index (χ1) is 7.79. The quantitative estimate of drug-likeness (QED) is 0.911. The summed E-state index contributed by atoms with van der Waals surface area (Å²) in [7, 11) is 1.93. The third kappa shape index (κ3) is 2.78. The number of halogens is 1. The average Bonchev–Trinajstić information content (AvgIpc) is 2.80. The molecule has 0 spiro atoms. The predicted molar refractivity (Wildman–Crippen MR) is 66.9 cm³/mol. The first kappa shape index (κ1) is 11.5. The largest absolute Gasteiger partial charge is 0.311 e. The van der Waals surface area contributed by atoms with Crippen LogP contribution >= 0.6 is 22.9 Å². The molecule has 2 rings (SSSR count). The second-order valence-electron chi connectivity index (χ2n) is 3.37. The lowest BCUT2D eigenvalue weighted by molar-refractivity contribution is 0.574. The van der Waals surface area contributed by atoms with Crippen molar-refractivity contribution in [1.29, 1.82) is 0 Å². The van der Waals surface area contributed by atoms with Gasteiger partial charge in [0.05, 0.1) is 21.8 Å². The van der Waals surface area contributed by atoms with Crippen molar-refractivity contribution in [2.24, 2.45) is 0 Å². The van der Waals surface area contributed by atoms with E-state index in [1.165, 1.54) is 0 Å². The maximum atomic E-state index is 5.81. The van der Waals surface area contributed by atoms with Crippen LogP contribution in [-0.2, 0) is 6.42 Å². The minimum Gasteiger partial charge on any atom is -0.311 e. The van der Waals surface area contributed by atoms with Gasteiger partial charge in [-0.15, -0.1) is 11.3 Å². The summed E-state index contributed by atoms with van der Waals surface area (Å²) in [5, 5.41) is 6.99. The lowest BCUT2D eigenvalue weighted by atomic mass is 10.1. The number of hydrogen-bond donors (Lipinski definition) is 1. The number of likely N-dealkylation sites (N-methyl/N-ethyl adjacent to an activating group) is 1. The first-order valence-corrected chi connectivity index (χ1v) is 6.22. The highest BCUT2D eigenvalue weighted by atomic mass is 35.5. The standard InChI is InChI=1S/C11H12ClN3S/c1-13-10(6-11-14-4-5-16-11)9-3-2-8(12)7-15-9/h2-5,7,10,13H,6H2,1H3. The van der Waals surface area contributed by atoms with Crippen LogP contribution in [0.2, 0.25) is 5.02 Å². The molecule has 0 radical (unpaired) electrons. The molecule has 0 aromatic carbocycles. The summed E-state index contributed by atoms with van der Waals surface area (Å²) in [6, 6.07) is 3.98. The summed E-state index contributed by atoms with van der Waals surface area (Å²) in [6.07, 6.45) is 4.34. The number of hydrogen-bond acceptors (Lipinski definition) is 4. The summed E-state index contributed by atoms with van der Waals surface area (Å²) in [5.41, 5.74) is 0.988. The highest BCUT2D eigenvalue weighted by Crippen LogP contribution is 2.18. The Hall–Kier alpha value is -0.970. The molecule has 0 aliphatic rings. The summed E-state index contributed by atoms with van der Waals surface area (Å²) in [4.78, 5) is 8.58. The van der Waals surface area contributed by atoms with E-state index in [-0.39, 0.29) is 6.04 Å². The fourth-order valence-corrected chi connectivity index (χ4v) is 2.25. The summed E-state index contributed by atoms with van der Waals surface area (Å²) < 4.78 is 0. The predicted octanol–water partition coefficient (Wildman–Crippen LogP) is 2.69. The van der Waals surface area contributed by atoms with Gasteiger partial charge in [0.25, 0.3) is 0 Å². The molecule has 0 aliphatic heterocycles. The van der Waals surface area contributed by atoms with Crippen molar-refractivity contribution in [3.63, 3.8) is 0 Å². The van der Waals surface area contributed by atoms with Gasteiger partial charge in [-0.25, -0.2) is 4.98 Å². The fourth-order valence-electron chi connectivity index (χ4n) is 1.48. The third-order valence-electron chi connectivity index (χ3n) is 2.32. The summed E-state index contributed by atoms with van der Waals surface area (Å²) in [6.45, 7) is 0. The topological polar surface area (TPSA) is 37.8 Å². The molecule has 0 saturated heterocycles. The molecular formula is C11H12ClN3S. The van der Waals surface area contributed by atoms with E-state index in [4.69, 9.17) is 11.6 Å². The first-order valence-electron chi connectivity index (χ1n) is 4.96. The van der Waals surface area contributed by atoms with E-state index < -0.39 is 0 Å². The van der Waals surface area contributed by atoms with Gasteiger partial charge in [-0.05, 0) is 19.2 Å². The van der Waals surface area contributed by atoms with E-state index in [2.05, 4.69) is 15.3 Å². The normalized spacial score (nSPS) is 12.6. The average molecular weight is 254 g/mol. The van der Waals surface area contributed by atoms with Crippen molar-refractivity contribution in [1.82, 2.24) is 15.3 Å². The second-order valence-corrected chi connectivity index (χ2v) is 4.79. The molecule has 16 heavy (non-hydrogen) atoms. The fraction of sp³-hybridized carbons (Fsp3) is 0.273. The lowest BCUT2D eigenvalue weighted by Crippen LogP contribution is -2.19. The van der Waals surface area contributed by atoms with Gasteiger partial charge in [-0.2, -0.15) is 0 Å². The summed E-state index contributed by atoms with van der Waals surface area (Å²) in [5.74, 6) is 0. The highest BCUT2D eigenvalue weighted by molar-refractivity contribution is 7.09. The molecule has 5 heteroatoms. The van der Waals surface area contributed by atoms with Crippen LogP contribution in [-0.4, -0.2) is 17.0 Å². The Morgan fingerprint density at radius 1 is 1.44 bits per heavy atom. The minimum atomic E-state index is 0.184. The van der Waals surface area contributed by atoms with Crippen LogP contribution in [0.5, 0.6) is 0 Å². The molecular weight excluding hydrogens is 242 g/mol. The Labute approximate surface area is 104 Å². The van der Waals surface area contributed by atoms with Crippen molar-refractivity contribution in [2.75, 3.05) is 7.05 Å². The van der Waals surface area contributed by atoms with Crippen LogP contribution in [0.3, 0.4) is 0 Å². The molecule has 0 bridgehead atoms. The van der Waals surface area contributed by atoms with E-state index in [1.807, 2.05) is 30.8 Å². The molecule has 3 nitrogen and oxygen atoms in total. The third-order valence-corrected chi connectivity index (χ3v) is 3.34. The van der Waals surface area contributed by atoms with Gasteiger partial charge in [0, 0.05) is 24.2 Å². The number of thiazole rings is 1. The van der Waals surface area contributed by atoms with Gasteiger partial charge in [0.15, 0.2) is 0 Å². The van der Waals surface area contributed by atoms with Gasteiger partial charge < -0.3 is 5.32 Å². The number of rotatable bonds is 4. The summed E-state index contributed by atoms with van der Waals surface area (Å²) >= 11 is 7.47. The van der Waals surface area contributed by atoms with Crippen LogP contribution in [0, 0.1) is 0 Å². The molecule has 0 aliphatic carbocycles. The van der Waals surface area contributed by atoms with Crippen LogP contribution in [0.15, 0.2) is 29.9 Å². The molecule has 0 amide bonds. The van der Waals surface area contributed by atoms with Crippen LogP contribution in [0.1, 0.15) is 16.7 Å². The van der Waals surface area contributed by atoms with Crippen molar-refractivity contribution >= 4 is 22.9 Å². The molecule has 1 N–H and O–H groups in total. The molecule has 84 valence electrons. The molecule has 2 aromatic heterocycles. The molecule has 0 saturated carbocycles. The SMILES string of the molecule is CNC(Cc1nccs1)c1ccc(Cl)cn1. The Kier molecular flexibility index (Phi) is 3.88. The van der Waals surface area contributed by atoms with Crippen molar-refractivity contribution in [3.05, 3.63) is 45.6 Å². The minimum absolute atomic E-state index is 0.184. The Morgan fingerprint density at radius 3 is 2.88 bits per heavy atom. The van der Waals surface area contributed by atoms with Gasteiger partial charge >= 0.3 is 0 Å². The van der Waals surface area contributed by atoms with E-state index in [9.17, 15) is 0 Å².